The van der Waals surface area contributed by atoms with E-state index in [9.17, 15) is 9.59 Å². The van der Waals surface area contributed by atoms with Gasteiger partial charge in [0.15, 0.2) is 0 Å². The van der Waals surface area contributed by atoms with Gasteiger partial charge in [0.25, 0.3) is 0 Å². The average Bonchev–Trinajstić information content (AvgIpc) is 2.69. The number of amides is 2. The van der Waals surface area contributed by atoms with Crippen LogP contribution in [-0.4, -0.2) is 64.3 Å². The van der Waals surface area contributed by atoms with Gasteiger partial charge in [0.1, 0.15) is 14.1 Å². The molecule has 0 spiro atoms. The number of piperazine rings is 1. The first-order valence-electron chi connectivity index (χ1n) is 10.1. The molecule has 6 nitrogen and oxygen atoms in total. The van der Waals surface area contributed by atoms with Crippen LogP contribution in [0.5, 0.6) is 0 Å². The maximum atomic E-state index is 12.6. The van der Waals surface area contributed by atoms with Crippen molar-refractivity contribution in [3.8, 4) is 11.5 Å². The van der Waals surface area contributed by atoms with E-state index in [1.165, 1.54) is 7.11 Å². The smallest absolute Gasteiger partial charge is 0.328 e. The molecule has 0 unspecified atom stereocenters. The van der Waals surface area contributed by atoms with Crippen molar-refractivity contribution in [1.82, 2.24) is 10.2 Å². The van der Waals surface area contributed by atoms with Crippen LogP contribution in [0, 0.1) is 17.4 Å². The number of benzene rings is 1. The summed E-state index contributed by atoms with van der Waals surface area (Å²) in [5.74, 6) is 2.83. The van der Waals surface area contributed by atoms with Gasteiger partial charge in [0, 0.05) is 37.4 Å². The van der Waals surface area contributed by atoms with Crippen LogP contribution >= 0.6 is 0 Å². The van der Waals surface area contributed by atoms with Gasteiger partial charge in [-0.2, -0.15) is 0 Å². The van der Waals surface area contributed by atoms with Crippen molar-refractivity contribution in [2.45, 2.75) is 39.5 Å². The van der Waals surface area contributed by atoms with Gasteiger partial charge in [0.2, 0.25) is 0 Å². The maximum Gasteiger partial charge on any atom is 0.328 e. The molecule has 1 atom stereocenters. The quantitative estimate of drug-likeness (QED) is 0.467. The normalized spacial score (nSPS) is 15.4. The number of carbonyl (C=O) groups is 2. The van der Waals surface area contributed by atoms with E-state index in [0.717, 1.165) is 24.3 Å². The number of nitrogens with one attached hydrogen (secondary N) is 1. The van der Waals surface area contributed by atoms with Crippen LogP contribution in [0.1, 0.15) is 19.4 Å². The zero-order valence-corrected chi connectivity index (χ0v) is 19.4. The van der Waals surface area contributed by atoms with E-state index >= 15 is 0 Å². The van der Waals surface area contributed by atoms with Crippen molar-refractivity contribution in [2.24, 2.45) is 5.92 Å². The maximum absolute atomic E-state index is 12.6. The lowest BCUT2D eigenvalue weighted by Crippen LogP contribution is -2.55. The number of urea groups is 1. The van der Waals surface area contributed by atoms with Crippen LogP contribution in [-0.2, 0) is 9.53 Å². The minimum atomic E-state index is -1.38. The molecule has 1 fully saturated rings. The molecule has 1 heterocycles. The van der Waals surface area contributed by atoms with Crippen molar-refractivity contribution in [3.63, 3.8) is 0 Å². The van der Waals surface area contributed by atoms with Gasteiger partial charge in [-0.3, -0.25) is 0 Å². The zero-order valence-electron chi connectivity index (χ0n) is 18.4. The monoisotopic (exact) mass is 415 g/mol. The lowest BCUT2D eigenvalue weighted by molar-refractivity contribution is -0.144. The van der Waals surface area contributed by atoms with Crippen LogP contribution in [0.4, 0.5) is 10.5 Å². The number of hydrogen-bond acceptors (Lipinski definition) is 4. The second-order valence-electron chi connectivity index (χ2n) is 8.72. The topological polar surface area (TPSA) is 61.9 Å². The van der Waals surface area contributed by atoms with Gasteiger partial charge in [-0.25, -0.2) is 9.59 Å². The van der Waals surface area contributed by atoms with Crippen molar-refractivity contribution in [1.29, 1.82) is 0 Å². The fraction of sp³-hybridized carbons (Fsp3) is 0.545. The highest BCUT2D eigenvalue weighted by atomic mass is 28.3. The number of anilines is 1. The van der Waals surface area contributed by atoms with Gasteiger partial charge in [-0.05, 0) is 30.2 Å². The number of ether oxygens (including phenoxy) is 1. The Balaban J connectivity index is 1.92. The highest BCUT2D eigenvalue weighted by molar-refractivity contribution is 6.83. The first kappa shape index (κ1) is 22.8. The molecule has 1 aliphatic rings. The summed E-state index contributed by atoms with van der Waals surface area (Å²) in [6.45, 7) is 13.2. The van der Waals surface area contributed by atoms with E-state index in [1.54, 1.807) is 4.90 Å². The first-order chi connectivity index (χ1) is 13.6. The molecule has 0 radical (unpaired) electrons. The minimum Gasteiger partial charge on any atom is -0.467 e. The molecule has 2 rings (SSSR count). The molecular formula is C22H33N3O3Si. The molecule has 0 aliphatic carbocycles. The lowest BCUT2D eigenvalue weighted by atomic mass is 10.1. The molecule has 158 valence electrons. The average molecular weight is 416 g/mol. The predicted octanol–water partition coefficient (Wildman–Crippen LogP) is 2.94. The van der Waals surface area contributed by atoms with Crippen molar-refractivity contribution in [2.75, 3.05) is 38.2 Å². The molecule has 1 aliphatic heterocycles. The minimum absolute atomic E-state index is 0.0322. The number of nitrogens with zero attached hydrogens (tertiary/aromatic N) is 2. The molecule has 0 aromatic heterocycles. The van der Waals surface area contributed by atoms with E-state index in [-0.39, 0.29) is 11.9 Å². The highest BCUT2D eigenvalue weighted by Gasteiger charge is 2.28. The second-order valence-corrected chi connectivity index (χ2v) is 13.5. The summed E-state index contributed by atoms with van der Waals surface area (Å²) in [4.78, 5) is 28.4. The third kappa shape index (κ3) is 6.82. The Hall–Kier alpha value is -2.46. The largest absolute Gasteiger partial charge is 0.467 e. The van der Waals surface area contributed by atoms with Crippen LogP contribution < -0.4 is 10.2 Å². The third-order valence-electron chi connectivity index (χ3n) is 4.78. The Morgan fingerprint density at radius 3 is 2.14 bits per heavy atom. The van der Waals surface area contributed by atoms with Gasteiger partial charge < -0.3 is 19.9 Å². The number of esters is 1. The molecular weight excluding hydrogens is 382 g/mol. The van der Waals surface area contributed by atoms with E-state index in [0.29, 0.717) is 13.1 Å². The number of methoxy groups -OCH3 is 1. The molecule has 7 heteroatoms. The summed E-state index contributed by atoms with van der Waals surface area (Å²) < 4.78 is 4.79. The summed E-state index contributed by atoms with van der Waals surface area (Å²) in [7, 11) is -0.0391. The fourth-order valence-electron chi connectivity index (χ4n) is 3.03. The zero-order chi connectivity index (χ0) is 21.6. The summed E-state index contributed by atoms with van der Waals surface area (Å²) in [6.07, 6.45) is 0. The molecule has 2 amide bonds. The van der Waals surface area contributed by atoms with E-state index < -0.39 is 20.1 Å². The van der Waals surface area contributed by atoms with Crippen LogP contribution in [0.3, 0.4) is 0 Å². The van der Waals surface area contributed by atoms with E-state index in [2.05, 4.69) is 65.6 Å². The molecule has 1 aromatic carbocycles. The number of rotatable bonds is 4. The van der Waals surface area contributed by atoms with Crippen LogP contribution in [0.25, 0.3) is 0 Å². The Bertz CT molecular complexity index is 767. The second kappa shape index (κ2) is 9.84. The van der Waals surface area contributed by atoms with E-state index in [4.69, 9.17) is 4.74 Å². The third-order valence-corrected chi connectivity index (χ3v) is 5.66. The Morgan fingerprint density at radius 1 is 1.07 bits per heavy atom. The molecule has 1 aromatic rings. The summed E-state index contributed by atoms with van der Waals surface area (Å²) in [5.41, 5.74) is 5.56. The molecule has 1 saturated heterocycles. The lowest BCUT2D eigenvalue weighted by Gasteiger charge is -2.36. The molecule has 0 bridgehead atoms. The highest BCUT2D eigenvalue weighted by Crippen LogP contribution is 2.17. The van der Waals surface area contributed by atoms with Gasteiger partial charge in [0.05, 0.1) is 7.11 Å². The van der Waals surface area contributed by atoms with Crippen molar-refractivity contribution >= 4 is 25.8 Å². The van der Waals surface area contributed by atoms with Gasteiger partial charge >= 0.3 is 12.0 Å². The Morgan fingerprint density at radius 2 is 1.66 bits per heavy atom. The van der Waals surface area contributed by atoms with Crippen molar-refractivity contribution in [3.05, 3.63) is 29.8 Å². The summed E-state index contributed by atoms with van der Waals surface area (Å²) in [5, 5.41) is 2.81. The standard InChI is InChI=1S/C22H33N3O3Si/c1-17(2)20(21(26)28-3)23-22(27)25-14-12-24(13-15-25)19-9-7-18(8-10-19)11-16-29(4,5)6/h7-10,17,20H,12-15H2,1-6H3,(H,23,27)/t20-/m0/s1. The van der Waals surface area contributed by atoms with E-state index in [1.807, 2.05) is 13.8 Å². The fourth-order valence-corrected chi connectivity index (χ4v) is 3.55. The summed E-state index contributed by atoms with van der Waals surface area (Å²) >= 11 is 0. The Kier molecular flexibility index (Phi) is 7.74. The number of hydrogen-bond donors (Lipinski definition) is 1. The van der Waals surface area contributed by atoms with Crippen molar-refractivity contribution < 1.29 is 14.3 Å². The van der Waals surface area contributed by atoms with Crippen LogP contribution in [0.2, 0.25) is 19.6 Å². The SMILES string of the molecule is COC(=O)[C@@H](NC(=O)N1CCN(c2ccc(C#C[Si](C)(C)C)cc2)CC1)C(C)C. The van der Waals surface area contributed by atoms with Gasteiger partial charge in [-0.1, -0.05) is 39.4 Å². The predicted molar refractivity (Wildman–Crippen MR) is 120 cm³/mol. The Labute approximate surface area is 175 Å². The molecule has 29 heavy (non-hydrogen) atoms. The van der Waals surface area contributed by atoms with Crippen LogP contribution in [0.15, 0.2) is 24.3 Å². The van der Waals surface area contributed by atoms with Gasteiger partial charge in [-0.15, -0.1) is 5.54 Å². The first-order valence-corrected chi connectivity index (χ1v) is 13.6. The number of carbonyl (C=O) groups excluding carboxylic acids is 2. The molecule has 1 N–H and O–H groups in total. The molecule has 0 saturated carbocycles. The summed E-state index contributed by atoms with van der Waals surface area (Å²) in [6, 6.07) is 7.46.